The molecular weight excluding hydrogens is 502 g/mol. The van der Waals surface area contributed by atoms with E-state index in [-0.39, 0.29) is 43.4 Å². The molecule has 9 nitrogen and oxygen atoms in total. The third kappa shape index (κ3) is 6.25. The van der Waals surface area contributed by atoms with Gasteiger partial charge in [0.1, 0.15) is 11.7 Å². The Bertz CT molecular complexity index is 1300. The molecule has 3 amide bonds. The predicted molar refractivity (Wildman–Crippen MR) is 133 cm³/mol. The third-order valence-electron chi connectivity index (χ3n) is 6.56. The number of benzene rings is 1. The molecule has 2 saturated heterocycles. The van der Waals surface area contributed by atoms with Crippen molar-refractivity contribution in [3.05, 3.63) is 52.3 Å². The van der Waals surface area contributed by atoms with Crippen LogP contribution in [0.25, 0.3) is 11.3 Å². The maximum Gasteiger partial charge on any atom is 0.251 e. The van der Waals surface area contributed by atoms with Crippen molar-refractivity contribution in [2.45, 2.75) is 50.6 Å². The van der Waals surface area contributed by atoms with E-state index in [2.05, 4.69) is 20.9 Å². The first kappa shape index (κ1) is 25.2. The maximum atomic E-state index is 13.3. The molecule has 2 aliphatic heterocycles. The van der Waals surface area contributed by atoms with Gasteiger partial charge in [0.15, 0.2) is 0 Å². The topological polar surface area (TPSA) is 109 Å². The normalized spacial score (nSPS) is 20.0. The highest BCUT2D eigenvalue weighted by atomic mass is 32.1. The summed E-state index contributed by atoms with van der Waals surface area (Å²) in [6, 6.07) is 8.74. The van der Waals surface area contributed by atoms with E-state index < -0.39 is 12.0 Å². The minimum absolute atomic E-state index is 0.107. The summed E-state index contributed by atoms with van der Waals surface area (Å²) in [4.78, 5) is 38.9. The Morgan fingerprint density at radius 1 is 1.19 bits per heavy atom. The fraction of sp³-hybridized carbons (Fsp3) is 0.400. The second-order valence-corrected chi connectivity index (χ2v) is 10.4. The van der Waals surface area contributed by atoms with Crippen LogP contribution in [0.5, 0.6) is 0 Å². The molecule has 3 aromatic rings. The molecule has 2 fully saturated rings. The van der Waals surface area contributed by atoms with Crippen molar-refractivity contribution >= 4 is 34.7 Å². The predicted octanol–water partition coefficient (Wildman–Crippen LogP) is 3.40. The molecule has 2 aromatic heterocycles. The molecule has 2 N–H and O–H groups in total. The van der Waals surface area contributed by atoms with E-state index in [0.29, 0.717) is 37.4 Å². The number of hydrogen-bond donors (Lipinski definition) is 2. The number of nitrogens with one attached hydrogen (secondary N) is 2. The number of aromatic nitrogens is 3. The smallest absolute Gasteiger partial charge is 0.251 e. The molecule has 0 spiro atoms. The molecule has 0 saturated carbocycles. The largest absolute Gasteiger partial charge is 0.326 e. The number of hydrogen-bond acceptors (Lipinski definition) is 7. The summed E-state index contributed by atoms with van der Waals surface area (Å²) < 4.78 is 28.1. The van der Waals surface area contributed by atoms with Crippen LogP contribution in [0, 0.1) is 0 Å². The summed E-state index contributed by atoms with van der Waals surface area (Å²) in [5.74, 6) is -3.39. The molecule has 0 aliphatic carbocycles. The molecule has 37 heavy (non-hydrogen) atoms. The number of amides is 3. The molecule has 5 rings (SSSR count). The van der Waals surface area contributed by atoms with Gasteiger partial charge in [0, 0.05) is 60.4 Å². The number of halogens is 2. The molecule has 12 heteroatoms. The van der Waals surface area contributed by atoms with Crippen LogP contribution < -0.4 is 10.6 Å². The molecule has 194 valence electrons. The summed E-state index contributed by atoms with van der Waals surface area (Å²) in [6.07, 6.45) is 2.28. The van der Waals surface area contributed by atoms with E-state index in [4.69, 9.17) is 0 Å². The standard InChI is InChI=1S/C25H26F2N6O3S/c26-25(27)7-9-32(10-8-25)13-16-1-3-18(4-2-16)28-23(35)12-19-11-17(15-37-19)20-14-33(31-30-20)21-5-6-22(34)29-24(21)36/h1-4,11,14-15,21H,5-10,12-13H2,(H,28,35)(H,29,34,36). The van der Waals surface area contributed by atoms with Gasteiger partial charge in [0.25, 0.3) is 11.8 Å². The van der Waals surface area contributed by atoms with Crippen molar-refractivity contribution in [3.63, 3.8) is 0 Å². The van der Waals surface area contributed by atoms with Crippen LogP contribution in [0.1, 0.15) is 42.2 Å². The highest BCUT2D eigenvalue weighted by molar-refractivity contribution is 7.10. The van der Waals surface area contributed by atoms with E-state index in [0.717, 1.165) is 16.0 Å². The first-order valence-electron chi connectivity index (χ1n) is 12.1. The van der Waals surface area contributed by atoms with Gasteiger partial charge in [-0.2, -0.15) is 0 Å². The number of imide groups is 1. The number of nitrogens with zero attached hydrogens (tertiary/aromatic N) is 4. The number of carbonyl (C=O) groups excluding carboxylic acids is 3. The number of thiophene rings is 1. The Morgan fingerprint density at radius 2 is 1.95 bits per heavy atom. The number of alkyl halides is 2. The first-order chi connectivity index (χ1) is 17.7. The Balaban J connectivity index is 1.13. The van der Waals surface area contributed by atoms with E-state index in [1.807, 2.05) is 40.6 Å². The average Bonchev–Trinajstić information content (AvgIpc) is 3.51. The Morgan fingerprint density at radius 3 is 2.68 bits per heavy atom. The highest BCUT2D eigenvalue weighted by Crippen LogP contribution is 2.29. The van der Waals surface area contributed by atoms with Gasteiger partial charge < -0.3 is 5.32 Å². The van der Waals surface area contributed by atoms with Crippen LogP contribution in [0.2, 0.25) is 0 Å². The van der Waals surface area contributed by atoms with Crippen LogP contribution in [0.15, 0.2) is 41.9 Å². The molecular formula is C25H26F2N6O3S. The van der Waals surface area contributed by atoms with Gasteiger partial charge in [0.05, 0.1) is 12.6 Å². The summed E-state index contributed by atoms with van der Waals surface area (Å²) in [7, 11) is 0. The minimum Gasteiger partial charge on any atom is -0.326 e. The van der Waals surface area contributed by atoms with Gasteiger partial charge in [-0.3, -0.25) is 24.6 Å². The molecule has 1 unspecified atom stereocenters. The molecule has 0 radical (unpaired) electrons. The zero-order chi connectivity index (χ0) is 26.0. The van der Waals surface area contributed by atoms with Crippen molar-refractivity contribution in [1.82, 2.24) is 25.2 Å². The molecule has 0 bridgehead atoms. The molecule has 4 heterocycles. The lowest BCUT2D eigenvalue weighted by Crippen LogP contribution is -2.41. The van der Waals surface area contributed by atoms with Crippen molar-refractivity contribution < 1.29 is 23.2 Å². The Labute approximate surface area is 215 Å². The fourth-order valence-corrected chi connectivity index (χ4v) is 5.33. The molecule has 1 aromatic carbocycles. The van der Waals surface area contributed by atoms with Crippen LogP contribution in [0.4, 0.5) is 14.5 Å². The monoisotopic (exact) mass is 528 g/mol. The number of piperidine rings is 2. The lowest BCUT2D eigenvalue weighted by molar-refractivity contribution is -0.136. The Hall–Kier alpha value is -3.51. The second kappa shape index (κ2) is 10.5. The van der Waals surface area contributed by atoms with Gasteiger partial charge >= 0.3 is 0 Å². The van der Waals surface area contributed by atoms with Crippen LogP contribution >= 0.6 is 11.3 Å². The van der Waals surface area contributed by atoms with Crippen LogP contribution in [-0.4, -0.2) is 56.6 Å². The van der Waals surface area contributed by atoms with Gasteiger partial charge in [-0.1, -0.05) is 17.3 Å². The van der Waals surface area contributed by atoms with Crippen molar-refractivity contribution in [2.75, 3.05) is 18.4 Å². The van der Waals surface area contributed by atoms with Crippen LogP contribution in [0.3, 0.4) is 0 Å². The van der Waals surface area contributed by atoms with Gasteiger partial charge in [-0.05, 0) is 30.2 Å². The van der Waals surface area contributed by atoms with E-state index >= 15 is 0 Å². The highest BCUT2D eigenvalue weighted by Gasteiger charge is 2.33. The van der Waals surface area contributed by atoms with Crippen molar-refractivity contribution in [2.24, 2.45) is 0 Å². The summed E-state index contributed by atoms with van der Waals surface area (Å²) in [5.41, 5.74) is 3.06. The third-order valence-corrected chi connectivity index (χ3v) is 7.49. The van der Waals surface area contributed by atoms with E-state index in [9.17, 15) is 23.2 Å². The Kier molecular flexibility index (Phi) is 7.11. The van der Waals surface area contributed by atoms with Crippen molar-refractivity contribution in [1.29, 1.82) is 0 Å². The second-order valence-electron chi connectivity index (χ2n) is 9.41. The van der Waals surface area contributed by atoms with Gasteiger partial charge in [0.2, 0.25) is 11.8 Å². The first-order valence-corrected chi connectivity index (χ1v) is 12.9. The lowest BCUT2D eigenvalue weighted by atomic mass is 10.1. The van der Waals surface area contributed by atoms with Gasteiger partial charge in [-0.15, -0.1) is 16.4 Å². The number of rotatable bonds is 7. The maximum absolute atomic E-state index is 13.3. The summed E-state index contributed by atoms with van der Waals surface area (Å²) in [6.45, 7) is 1.36. The summed E-state index contributed by atoms with van der Waals surface area (Å²) >= 11 is 1.43. The van der Waals surface area contributed by atoms with E-state index in [1.54, 1.807) is 6.20 Å². The number of likely N-dealkylation sites (tertiary alicyclic amines) is 1. The zero-order valence-electron chi connectivity index (χ0n) is 20.0. The SMILES string of the molecule is O=C1CCC(n2cc(-c3csc(CC(=O)Nc4ccc(CN5CCC(F)(F)CC5)cc4)c3)nn2)C(=O)N1. The minimum atomic E-state index is -2.55. The van der Waals surface area contributed by atoms with Crippen LogP contribution in [-0.2, 0) is 27.3 Å². The zero-order valence-corrected chi connectivity index (χ0v) is 20.8. The quantitative estimate of drug-likeness (QED) is 0.455. The number of carbonyl (C=O) groups is 3. The summed E-state index contributed by atoms with van der Waals surface area (Å²) in [5, 5.41) is 15.3. The van der Waals surface area contributed by atoms with E-state index in [1.165, 1.54) is 16.0 Å². The average molecular weight is 529 g/mol. The fourth-order valence-electron chi connectivity index (χ4n) is 4.46. The van der Waals surface area contributed by atoms with Gasteiger partial charge in [-0.25, -0.2) is 13.5 Å². The number of anilines is 1. The molecule has 2 aliphatic rings. The molecule has 1 atom stereocenters. The van der Waals surface area contributed by atoms with Crippen molar-refractivity contribution in [3.8, 4) is 11.3 Å². The lowest BCUT2D eigenvalue weighted by Gasteiger charge is -2.31.